The molecule has 0 radical (unpaired) electrons. The number of anilines is 3. The molecule has 134 valence electrons. The molecule has 0 aliphatic carbocycles. The topological polar surface area (TPSA) is 58.2 Å². The lowest BCUT2D eigenvalue weighted by Gasteiger charge is -2.11. The molecule has 0 spiro atoms. The minimum absolute atomic E-state index is 0.0303. The summed E-state index contributed by atoms with van der Waals surface area (Å²) in [5, 5.41) is 2.91. The molecule has 0 atom stereocenters. The predicted molar refractivity (Wildman–Crippen MR) is 98.3 cm³/mol. The number of hydrogen-bond acceptors (Lipinski definition) is 3. The van der Waals surface area contributed by atoms with Crippen LogP contribution in [0.1, 0.15) is 0 Å². The van der Waals surface area contributed by atoms with Gasteiger partial charge in [-0.05, 0) is 48.5 Å². The molecule has 0 amide bonds. The van der Waals surface area contributed by atoms with Gasteiger partial charge in [-0.2, -0.15) is 0 Å². The molecule has 2 N–H and O–H groups in total. The second-order valence-corrected chi connectivity index (χ2v) is 7.42. The lowest BCUT2D eigenvalue weighted by molar-refractivity contribution is 0.586. The SMILES string of the molecule is O=S(=O)(Nc1ccc(Nc2ccc(F)cc2F)cc1)c1ccccc1Cl. The van der Waals surface area contributed by atoms with Gasteiger partial charge in [0.05, 0.1) is 10.7 Å². The van der Waals surface area contributed by atoms with Crippen LogP contribution in [-0.2, 0) is 10.0 Å². The Morgan fingerprint density at radius 3 is 2.15 bits per heavy atom. The van der Waals surface area contributed by atoms with Crippen LogP contribution in [0.3, 0.4) is 0 Å². The second kappa shape index (κ2) is 7.31. The third kappa shape index (κ3) is 4.12. The zero-order valence-electron chi connectivity index (χ0n) is 13.2. The van der Waals surface area contributed by atoms with Crippen LogP contribution in [0.4, 0.5) is 25.8 Å². The fourth-order valence-corrected chi connectivity index (χ4v) is 3.82. The fourth-order valence-electron chi connectivity index (χ4n) is 2.24. The average molecular weight is 395 g/mol. The summed E-state index contributed by atoms with van der Waals surface area (Å²) < 4.78 is 53.8. The second-order valence-electron chi connectivity index (χ2n) is 5.36. The van der Waals surface area contributed by atoms with E-state index in [0.717, 1.165) is 12.1 Å². The van der Waals surface area contributed by atoms with Crippen molar-refractivity contribution in [3.05, 3.63) is 83.4 Å². The minimum atomic E-state index is -3.83. The van der Waals surface area contributed by atoms with Gasteiger partial charge in [-0.1, -0.05) is 23.7 Å². The normalized spacial score (nSPS) is 11.2. The van der Waals surface area contributed by atoms with E-state index in [2.05, 4.69) is 10.0 Å². The molecule has 8 heteroatoms. The van der Waals surface area contributed by atoms with Crippen LogP contribution in [-0.4, -0.2) is 8.42 Å². The molecule has 3 aromatic carbocycles. The molecule has 0 aliphatic rings. The Balaban J connectivity index is 1.76. The third-order valence-corrected chi connectivity index (χ3v) is 5.35. The third-order valence-electron chi connectivity index (χ3n) is 3.47. The predicted octanol–water partition coefficient (Wildman–Crippen LogP) is 5.16. The van der Waals surface area contributed by atoms with E-state index in [0.29, 0.717) is 11.4 Å². The van der Waals surface area contributed by atoms with E-state index in [-0.39, 0.29) is 15.6 Å². The highest BCUT2D eigenvalue weighted by Gasteiger charge is 2.17. The van der Waals surface area contributed by atoms with Crippen LogP contribution in [0, 0.1) is 11.6 Å². The van der Waals surface area contributed by atoms with E-state index in [9.17, 15) is 17.2 Å². The lowest BCUT2D eigenvalue weighted by Crippen LogP contribution is -2.13. The number of nitrogens with one attached hydrogen (secondary N) is 2. The Bertz CT molecular complexity index is 1040. The molecule has 4 nitrogen and oxygen atoms in total. The number of halogens is 3. The summed E-state index contributed by atoms with van der Waals surface area (Å²) in [5.41, 5.74) is 0.932. The maximum Gasteiger partial charge on any atom is 0.263 e. The van der Waals surface area contributed by atoms with Crippen LogP contribution in [0.25, 0.3) is 0 Å². The Morgan fingerprint density at radius 2 is 1.50 bits per heavy atom. The summed E-state index contributed by atoms with van der Waals surface area (Å²) in [6, 6.07) is 15.4. The van der Waals surface area contributed by atoms with Gasteiger partial charge in [-0.15, -0.1) is 0 Å². The van der Waals surface area contributed by atoms with Crippen molar-refractivity contribution in [3.63, 3.8) is 0 Å². The maximum absolute atomic E-state index is 13.7. The van der Waals surface area contributed by atoms with E-state index >= 15 is 0 Å². The molecule has 0 bridgehead atoms. The summed E-state index contributed by atoms with van der Waals surface area (Å²) in [6.45, 7) is 0. The summed E-state index contributed by atoms with van der Waals surface area (Å²) in [7, 11) is -3.83. The fraction of sp³-hybridized carbons (Fsp3) is 0. The van der Waals surface area contributed by atoms with E-state index in [1.165, 1.54) is 30.3 Å². The van der Waals surface area contributed by atoms with Gasteiger partial charge in [0.15, 0.2) is 0 Å². The van der Waals surface area contributed by atoms with Gasteiger partial charge in [0, 0.05) is 17.4 Å². The highest BCUT2D eigenvalue weighted by Crippen LogP contribution is 2.25. The van der Waals surface area contributed by atoms with E-state index < -0.39 is 21.7 Å². The van der Waals surface area contributed by atoms with Crippen molar-refractivity contribution in [1.82, 2.24) is 0 Å². The number of benzene rings is 3. The Morgan fingerprint density at radius 1 is 0.846 bits per heavy atom. The molecule has 0 aromatic heterocycles. The molecule has 26 heavy (non-hydrogen) atoms. The molecular formula is C18H13ClF2N2O2S. The summed E-state index contributed by atoms with van der Waals surface area (Å²) >= 11 is 5.93. The first-order valence-electron chi connectivity index (χ1n) is 7.45. The highest BCUT2D eigenvalue weighted by atomic mass is 35.5. The van der Waals surface area contributed by atoms with Gasteiger partial charge >= 0.3 is 0 Å². The van der Waals surface area contributed by atoms with E-state index in [4.69, 9.17) is 11.6 Å². The van der Waals surface area contributed by atoms with Crippen molar-refractivity contribution in [2.75, 3.05) is 10.0 Å². The van der Waals surface area contributed by atoms with Gasteiger partial charge in [0.1, 0.15) is 16.5 Å². The molecular weight excluding hydrogens is 382 g/mol. The van der Waals surface area contributed by atoms with Gasteiger partial charge < -0.3 is 5.32 Å². The molecule has 0 saturated carbocycles. The molecule has 0 saturated heterocycles. The molecule has 3 rings (SSSR count). The van der Waals surface area contributed by atoms with Gasteiger partial charge in [-0.3, -0.25) is 4.72 Å². The maximum atomic E-state index is 13.7. The van der Waals surface area contributed by atoms with Crippen molar-refractivity contribution >= 4 is 38.7 Å². The highest BCUT2D eigenvalue weighted by molar-refractivity contribution is 7.92. The first kappa shape index (κ1) is 18.2. The standard InChI is InChI=1S/C18H13ClF2N2O2S/c19-15-3-1-2-4-18(15)26(24,25)23-14-8-6-13(7-9-14)22-17-10-5-12(20)11-16(17)21/h1-11,22-23H. The van der Waals surface area contributed by atoms with Crippen LogP contribution in [0.2, 0.25) is 5.02 Å². The Kier molecular flexibility index (Phi) is 5.11. The van der Waals surface area contributed by atoms with Gasteiger partial charge in [0.25, 0.3) is 10.0 Å². The number of hydrogen-bond donors (Lipinski definition) is 2. The average Bonchev–Trinajstić information content (AvgIpc) is 2.59. The largest absolute Gasteiger partial charge is 0.353 e. The molecule has 0 aliphatic heterocycles. The molecule has 0 unspecified atom stereocenters. The summed E-state index contributed by atoms with van der Waals surface area (Å²) in [5.74, 6) is -1.40. The van der Waals surface area contributed by atoms with Crippen LogP contribution < -0.4 is 10.0 Å². The zero-order chi connectivity index (χ0) is 18.7. The quantitative estimate of drug-likeness (QED) is 0.628. The first-order chi connectivity index (χ1) is 12.3. The Labute approximate surface area is 154 Å². The van der Waals surface area contributed by atoms with Crippen molar-refractivity contribution in [3.8, 4) is 0 Å². The minimum Gasteiger partial charge on any atom is -0.353 e. The summed E-state index contributed by atoms with van der Waals surface area (Å²) in [6.07, 6.45) is 0. The van der Waals surface area contributed by atoms with Gasteiger partial charge in [-0.25, -0.2) is 17.2 Å². The van der Waals surface area contributed by atoms with E-state index in [1.807, 2.05) is 0 Å². The molecule has 0 fully saturated rings. The van der Waals surface area contributed by atoms with Crippen molar-refractivity contribution < 1.29 is 17.2 Å². The monoisotopic (exact) mass is 394 g/mol. The van der Waals surface area contributed by atoms with Crippen molar-refractivity contribution in [2.24, 2.45) is 0 Å². The van der Waals surface area contributed by atoms with Crippen LogP contribution >= 0.6 is 11.6 Å². The van der Waals surface area contributed by atoms with Crippen LogP contribution in [0.5, 0.6) is 0 Å². The van der Waals surface area contributed by atoms with Gasteiger partial charge in [0.2, 0.25) is 0 Å². The van der Waals surface area contributed by atoms with Crippen molar-refractivity contribution in [1.29, 1.82) is 0 Å². The smallest absolute Gasteiger partial charge is 0.263 e. The summed E-state index contributed by atoms with van der Waals surface area (Å²) in [4.78, 5) is -0.0303. The first-order valence-corrected chi connectivity index (χ1v) is 9.31. The van der Waals surface area contributed by atoms with Crippen molar-refractivity contribution in [2.45, 2.75) is 4.90 Å². The number of sulfonamides is 1. The molecule has 0 heterocycles. The number of rotatable bonds is 5. The van der Waals surface area contributed by atoms with Crippen LogP contribution in [0.15, 0.2) is 71.6 Å². The molecule has 3 aromatic rings. The Hall–Kier alpha value is -2.64. The lowest BCUT2D eigenvalue weighted by atomic mass is 10.2. The van der Waals surface area contributed by atoms with E-state index in [1.54, 1.807) is 24.3 Å². The zero-order valence-corrected chi connectivity index (χ0v) is 14.8.